The molecule has 0 amide bonds. The minimum atomic E-state index is -0.407. The Bertz CT molecular complexity index is 175. The summed E-state index contributed by atoms with van der Waals surface area (Å²) in [5.74, 6) is -0.162. The molecule has 76 valence electrons. The zero-order chi connectivity index (χ0) is 10.3. The minimum Gasteiger partial charge on any atom is -0.465 e. The van der Waals surface area contributed by atoms with E-state index in [-0.39, 0.29) is 12.2 Å². The van der Waals surface area contributed by atoms with E-state index < -0.39 is 5.97 Å². The molecule has 0 spiro atoms. The molecule has 0 bridgehead atoms. The number of hydrogen-bond donors (Lipinski definition) is 0. The number of Topliss-reactive ketones (excluding diaryl/α,β-unsaturated/α-hetero) is 1. The SMILES string of the molecule is CCCC(C)COC(=O)CC(C)=O. The first-order valence-corrected chi connectivity index (χ1v) is 4.71. The maximum atomic E-state index is 10.9. The zero-order valence-corrected chi connectivity index (χ0v) is 8.63. The first-order valence-electron chi connectivity index (χ1n) is 4.71. The van der Waals surface area contributed by atoms with Crippen LogP contribution in [0.4, 0.5) is 0 Å². The summed E-state index contributed by atoms with van der Waals surface area (Å²) >= 11 is 0. The Balaban J connectivity index is 3.51. The van der Waals surface area contributed by atoms with E-state index in [2.05, 4.69) is 6.92 Å². The molecule has 0 aromatic heterocycles. The fraction of sp³-hybridized carbons (Fsp3) is 0.800. The Morgan fingerprint density at radius 2 is 2.00 bits per heavy atom. The highest BCUT2D eigenvalue weighted by molar-refractivity contribution is 5.94. The maximum Gasteiger partial charge on any atom is 0.313 e. The van der Waals surface area contributed by atoms with Crippen LogP contribution in [-0.4, -0.2) is 18.4 Å². The zero-order valence-electron chi connectivity index (χ0n) is 8.63. The van der Waals surface area contributed by atoms with Gasteiger partial charge in [-0.15, -0.1) is 0 Å². The number of rotatable bonds is 6. The molecule has 0 saturated carbocycles. The lowest BCUT2D eigenvalue weighted by atomic mass is 10.1. The lowest BCUT2D eigenvalue weighted by molar-refractivity contribution is -0.146. The van der Waals surface area contributed by atoms with Crippen molar-refractivity contribution in [2.75, 3.05) is 6.61 Å². The highest BCUT2D eigenvalue weighted by atomic mass is 16.5. The van der Waals surface area contributed by atoms with Crippen LogP contribution >= 0.6 is 0 Å². The number of esters is 1. The van der Waals surface area contributed by atoms with Crippen molar-refractivity contribution in [3.05, 3.63) is 0 Å². The van der Waals surface area contributed by atoms with E-state index in [0.717, 1.165) is 12.8 Å². The van der Waals surface area contributed by atoms with Gasteiger partial charge in [0.05, 0.1) is 6.61 Å². The van der Waals surface area contributed by atoms with Gasteiger partial charge in [-0.1, -0.05) is 20.3 Å². The van der Waals surface area contributed by atoms with E-state index in [1.165, 1.54) is 6.92 Å². The summed E-state index contributed by atoms with van der Waals surface area (Å²) in [4.78, 5) is 21.4. The van der Waals surface area contributed by atoms with Gasteiger partial charge in [-0.2, -0.15) is 0 Å². The molecule has 13 heavy (non-hydrogen) atoms. The molecule has 0 rings (SSSR count). The molecule has 0 heterocycles. The van der Waals surface area contributed by atoms with Crippen molar-refractivity contribution in [2.45, 2.75) is 40.0 Å². The molecule has 0 fully saturated rings. The molecule has 0 aromatic carbocycles. The number of ether oxygens (including phenoxy) is 1. The van der Waals surface area contributed by atoms with Gasteiger partial charge in [-0.05, 0) is 19.3 Å². The molecule has 0 saturated heterocycles. The van der Waals surface area contributed by atoms with Gasteiger partial charge in [0.25, 0.3) is 0 Å². The van der Waals surface area contributed by atoms with E-state index in [1.54, 1.807) is 0 Å². The first kappa shape index (κ1) is 12.1. The Hall–Kier alpha value is -0.860. The molecule has 0 aromatic rings. The van der Waals surface area contributed by atoms with Gasteiger partial charge in [-0.25, -0.2) is 0 Å². The minimum absolute atomic E-state index is 0.0984. The third kappa shape index (κ3) is 7.50. The number of ketones is 1. The van der Waals surface area contributed by atoms with Gasteiger partial charge in [-0.3, -0.25) is 9.59 Å². The quantitative estimate of drug-likeness (QED) is 0.470. The van der Waals surface area contributed by atoms with Crippen LogP contribution in [0.25, 0.3) is 0 Å². The molecular formula is C10H18O3. The van der Waals surface area contributed by atoms with Crippen molar-refractivity contribution < 1.29 is 14.3 Å². The Morgan fingerprint density at radius 3 is 2.46 bits per heavy atom. The number of hydrogen-bond acceptors (Lipinski definition) is 3. The summed E-state index contributed by atoms with van der Waals surface area (Å²) in [7, 11) is 0. The molecule has 0 aliphatic heterocycles. The van der Waals surface area contributed by atoms with E-state index in [0.29, 0.717) is 12.5 Å². The topological polar surface area (TPSA) is 43.4 Å². The van der Waals surface area contributed by atoms with Gasteiger partial charge >= 0.3 is 5.97 Å². The van der Waals surface area contributed by atoms with Crippen LogP contribution in [0.1, 0.15) is 40.0 Å². The van der Waals surface area contributed by atoms with Crippen LogP contribution in [0, 0.1) is 5.92 Å². The second-order valence-electron chi connectivity index (χ2n) is 3.46. The largest absolute Gasteiger partial charge is 0.465 e. The van der Waals surface area contributed by atoms with Crippen molar-refractivity contribution in [1.29, 1.82) is 0 Å². The van der Waals surface area contributed by atoms with Crippen LogP contribution in [0.3, 0.4) is 0 Å². The molecular weight excluding hydrogens is 168 g/mol. The Labute approximate surface area is 79.5 Å². The maximum absolute atomic E-state index is 10.9. The van der Waals surface area contributed by atoms with Gasteiger partial charge in [0.15, 0.2) is 0 Å². The summed E-state index contributed by atoms with van der Waals surface area (Å²) in [6.45, 7) is 5.94. The number of carbonyl (C=O) groups excluding carboxylic acids is 2. The van der Waals surface area contributed by atoms with Gasteiger partial charge in [0.2, 0.25) is 0 Å². The highest BCUT2D eigenvalue weighted by Crippen LogP contribution is 2.05. The van der Waals surface area contributed by atoms with Crippen molar-refractivity contribution in [3.63, 3.8) is 0 Å². The van der Waals surface area contributed by atoms with E-state index in [1.807, 2.05) is 6.92 Å². The average Bonchev–Trinajstić information content (AvgIpc) is 2.00. The van der Waals surface area contributed by atoms with Crippen LogP contribution in [0.5, 0.6) is 0 Å². The van der Waals surface area contributed by atoms with Gasteiger partial charge < -0.3 is 4.74 Å². The smallest absolute Gasteiger partial charge is 0.313 e. The second-order valence-corrected chi connectivity index (χ2v) is 3.46. The second kappa shape index (κ2) is 6.63. The molecule has 3 heteroatoms. The standard InChI is InChI=1S/C10H18O3/c1-4-5-8(2)7-13-10(12)6-9(3)11/h8H,4-7H2,1-3H3. The van der Waals surface area contributed by atoms with Gasteiger partial charge in [0.1, 0.15) is 12.2 Å². The highest BCUT2D eigenvalue weighted by Gasteiger charge is 2.08. The molecule has 1 unspecified atom stereocenters. The Morgan fingerprint density at radius 1 is 1.38 bits per heavy atom. The molecule has 0 aliphatic rings. The van der Waals surface area contributed by atoms with Crippen molar-refractivity contribution in [1.82, 2.24) is 0 Å². The van der Waals surface area contributed by atoms with Crippen LogP contribution in [-0.2, 0) is 14.3 Å². The molecule has 0 aliphatic carbocycles. The summed E-state index contributed by atoms with van der Waals surface area (Å²) in [6, 6.07) is 0. The Kier molecular flexibility index (Phi) is 6.20. The normalized spacial score (nSPS) is 12.2. The summed E-state index contributed by atoms with van der Waals surface area (Å²) < 4.78 is 4.91. The third-order valence-corrected chi connectivity index (χ3v) is 1.70. The molecule has 0 N–H and O–H groups in total. The van der Waals surface area contributed by atoms with Gasteiger partial charge in [0, 0.05) is 0 Å². The average molecular weight is 186 g/mol. The summed E-state index contributed by atoms with van der Waals surface area (Å²) in [5.41, 5.74) is 0. The van der Waals surface area contributed by atoms with Crippen molar-refractivity contribution in [3.8, 4) is 0 Å². The van der Waals surface area contributed by atoms with E-state index in [4.69, 9.17) is 4.74 Å². The monoisotopic (exact) mass is 186 g/mol. The fourth-order valence-electron chi connectivity index (χ4n) is 1.07. The van der Waals surface area contributed by atoms with Crippen LogP contribution in [0.15, 0.2) is 0 Å². The van der Waals surface area contributed by atoms with Crippen LogP contribution < -0.4 is 0 Å². The van der Waals surface area contributed by atoms with Crippen molar-refractivity contribution >= 4 is 11.8 Å². The first-order chi connectivity index (χ1) is 6.06. The lowest BCUT2D eigenvalue weighted by Crippen LogP contribution is -2.13. The van der Waals surface area contributed by atoms with Crippen molar-refractivity contribution in [2.24, 2.45) is 5.92 Å². The lowest BCUT2D eigenvalue weighted by Gasteiger charge is -2.09. The summed E-state index contributed by atoms with van der Waals surface area (Å²) in [5, 5.41) is 0. The number of carbonyl (C=O) groups is 2. The molecule has 0 radical (unpaired) electrons. The third-order valence-electron chi connectivity index (χ3n) is 1.70. The predicted molar refractivity (Wildman–Crippen MR) is 50.3 cm³/mol. The van der Waals surface area contributed by atoms with E-state index >= 15 is 0 Å². The molecule has 1 atom stereocenters. The van der Waals surface area contributed by atoms with E-state index in [9.17, 15) is 9.59 Å². The predicted octanol–water partition coefficient (Wildman–Crippen LogP) is 1.94. The molecule has 3 nitrogen and oxygen atoms in total. The summed E-state index contributed by atoms with van der Waals surface area (Å²) in [6.07, 6.45) is 2.04. The van der Waals surface area contributed by atoms with Crippen LogP contribution in [0.2, 0.25) is 0 Å². The fourth-order valence-corrected chi connectivity index (χ4v) is 1.07.